The molecule has 0 aromatic rings. The Morgan fingerprint density at radius 3 is 2.86 bits per heavy atom. The van der Waals surface area contributed by atoms with E-state index < -0.39 is 0 Å². The van der Waals surface area contributed by atoms with E-state index in [-0.39, 0.29) is 0 Å². The van der Waals surface area contributed by atoms with Crippen LogP contribution in [-0.2, 0) is 0 Å². The summed E-state index contributed by atoms with van der Waals surface area (Å²) < 4.78 is 0. The summed E-state index contributed by atoms with van der Waals surface area (Å²) in [5.74, 6) is 0. The molecule has 0 amide bonds. The summed E-state index contributed by atoms with van der Waals surface area (Å²) in [6, 6.07) is 0.744. The summed E-state index contributed by atoms with van der Waals surface area (Å²) in [4.78, 5) is 2.44. The fraction of sp³-hybridized carbons (Fsp3) is 0.538. The molecule has 1 atom stereocenters. The molecule has 0 aromatic carbocycles. The van der Waals surface area contributed by atoms with Crippen molar-refractivity contribution in [3.63, 3.8) is 0 Å². The molecule has 1 heteroatoms. The molecule has 0 N–H and O–H groups in total. The molecule has 0 bridgehead atoms. The van der Waals surface area contributed by atoms with Gasteiger partial charge in [-0.05, 0) is 32.4 Å². The van der Waals surface area contributed by atoms with Crippen LogP contribution in [0.3, 0.4) is 0 Å². The number of likely N-dealkylation sites (N-methyl/N-ethyl adjacent to an activating group) is 1. The summed E-state index contributed by atoms with van der Waals surface area (Å²) >= 11 is 0. The highest BCUT2D eigenvalue weighted by Crippen LogP contribution is 2.17. The van der Waals surface area contributed by atoms with Crippen LogP contribution in [0, 0.1) is 0 Å². The Morgan fingerprint density at radius 2 is 2.29 bits per heavy atom. The number of hydrogen-bond acceptors (Lipinski definition) is 1. The standard InChI is InChI=1S/C13H21N/c1-4-6-7-8-12-9-10-13(5-2)14(3)11-12/h4,6-9,13H,5,10-11H2,1-3H3/b6-4-,8-7-. The molecular weight excluding hydrogens is 170 g/mol. The maximum absolute atomic E-state index is 2.44. The zero-order valence-corrected chi connectivity index (χ0v) is 9.53. The minimum Gasteiger partial charge on any atom is -0.299 e. The highest BCUT2D eigenvalue weighted by atomic mass is 15.1. The molecule has 0 saturated heterocycles. The number of rotatable bonds is 3. The maximum Gasteiger partial charge on any atom is 0.0230 e. The van der Waals surface area contributed by atoms with Gasteiger partial charge in [0.1, 0.15) is 0 Å². The van der Waals surface area contributed by atoms with Crippen LogP contribution in [0.5, 0.6) is 0 Å². The van der Waals surface area contributed by atoms with Crippen molar-refractivity contribution in [1.82, 2.24) is 4.90 Å². The van der Waals surface area contributed by atoms with Crippen molar-refractivity contribution in [2.75, 3.05) is 13.6 Å². The topological polar surface area (TPSA) is 3.24 Å². The van der Waals surface area contributed by atoms with Crippen LogP contribution in [0.2, 0.25) is 0 Å². The van der Waals surface area contributed by atoms with Gasteiger partial charge in [-0.25, -0.2) is 0 Å². The summed E-state index contributed by atoms with van der Waals surface area (Å²) in [5, 5.41) is 0. The first-order valence-corrected chi connectivity index (χ1v) is 5.46. The first-order valence-electron chi connectivity index (χ1n) is 5.46. The van der Waals surface area contributed by atoms with Crippen LogP contribution in [0.25, 0.3) is 0 Å². The lowest BCUT2D eigenvalue weighted by Gasteiger charge is -2.30. The molecule has 0 fully saturated rings. The Hall–Kier alpha value is -0.820. The average molecular weight is 191 g/mol. The molecule has 1 aliphatic rings. The van der Waals surface area contributed by atoms with Crippen LogP contribution < -0.4 is 0 Å². The number of allylic oxidation sites excluding steroid dienone is 3. The van der Waals surface area contributed by atoms with E-state index in [0.717, 1.165) is 12.6 Å². The van der Waals surface area contributed by atoms with Gasteiger partial charge in [-0.2, -0.15) is 0 Å². The van der Waals surface area contributed by atoms with Gasteiger partial charge in [0.2, 0.25) is 0 Å². The van der Waals surface area contributed by atoms with Gasteiger partial charge in [-0.1, -0.05) is 37.3 Å². The van der Waals surface area contributed by atoms with Crippen molar-refractivity contribution in [1.29, 1.82) is 0 Å². The van der Waals surface area contributed by atoms with Crippen molar-refractivity contribution < 1.29 is 0 Å². The number of hydrogen-bond donors (Lipinski definition) is 0. The molecule has 78 valence electrons. The van der Waals surface area contributed by atoms with E-state index in [2.05, 4.69) is 49.3 Å². The van der Waals surface area contributed by atoms with Gasteiger partial charge in [0.05, 0.1) is 0 Å². The second-order valence-electron chi connectivity index (χ2n) is 3.88. The quantitative estimate of drug-likeness (QED) is 0.619. The van der Waals surface area contributed by atoms with Crippen molar-refractivity contribution >= 4 is 0 Å². The maximum atomic E-state index is 2.44. The Balaban J connectivity index is 2.53. The zero-order valence-electron chi connectivity index (χ0n) is 9.53. The normalized spacial score (nSPS) is 24.8. The molecule has 1 aliphatic heterocycles. The predicted molar refractivity (Wildman–Crippen MR) is 63.4 cm³/mol. The third-order valence-corrected chi connectivity index (χ3v) is 2.79. The molecule has 1 nitrogen and oxygen atoms in total. The Kier molecular flexibility index (Phi) is 4.68. The van der Waals surface area contributed by atoms with Crippen LogP contribution in [0.1, 0.15) is 26.7 Å². The molecule has 0 aromatic heterocycles. The first kappa shape index (κ1) is 11.3. The minimum absolute atomic E-state index is 0.744. The largest absolute Gasteiger partial charge is 0.299 e. The lowest BCUT2D eigenvalue weighted by atomic mass is 10.0. The predicted octanol–water partition coefficient (Wildman–Crippen LogP) is 3.16. The first-order chi connectivity index (χ1) is 6.77. The van der Waals surface area contributed by atoms with E-state index in [1.807, 2.05) is 6.92 Å². The zero-order chi connectivity index (χ0) is 10.4. The van der Waals surface area contributed by atoms with Crippen molar-refractivity contribution in [3.05, 3.63) is 36.0 Å². The van der Waals surface area contributed by atoms with Gasteiger partial charge < -0.3 is 0 Å². The minimum atomic E-state index is 0.744. The van der Waals surface area contributed by atoms with Crippen LogP contribution in [0.15, 0.2) is 36.0 Å². The molecule has 0 saturated carbocycles. The molecular formula is C13H21N. The molecule has 0 aliphatic carbocycles. The van der Waals surface area contributed by atoms with E-state index in [0.29, 0.717) is 0 Å². The Bertz CT molecular complexity index is 248. The smallest absolute Gasteiger partial charge is 0.0230 e. The van der Waals surface area contributed by atoms with Crippen LogP contribution in [-0.4, -0.2) is 24.5 Å². The highest BCUT2D eigenvalue weighted by molar-refractivity contribution is 5.25. The van der Waals surface area contributed by atoms with Crippen molar-refractivity contribution in [2.24, 2.45) is 0 Å². The lowest BCUT2D eigenvalue weighted by molar-refractivity contribution is 0.245. The third-order valence-electron chi connectivity index (χ3n) is 2.79. The number of nitrogens with zero attached hydrogens (tertiary/aromatic N) is 1. The lowest BCUT2D eigenvalue weighted by Crippen LogP contribution is -2.35. The van der Waals surface area contributed by atoms with Gasteiger partial charge in [0.25, 0.3) is 0 Å². The van der Waals surface area contributed by atoms with E-state index in [4.69, 9.17) is 0 Å². The summed E-state index contributed by atoms with van der Waals surface area (Å²) in [5.41, 5.74) is 1.44. The summed E-state index contributed by atoms with van der Waals surface area (Å²) in [7, 11) is 2.21. The average Bonchev–Trinajstić information content (AvgIpc) is 2.18. The Labute approximate surface area is 87.8 Å². The second kappa shape index (κ2) is 5.82. The van der Waals surface area contributed by atoms with E-state index in [9.17, 15) is 0 Å². The molecule has 0 radical (unpaired) electrons. The van der Waals surface area contributed by atoms with E-state index >= 15 is 0 Å². The van der Waals surface area contributed by atoms with Crippen LogP contribution in [0.4, 0.5) is 0 Å². The van der Waals surface area contributed by atoms with Gasteiger partial charge >= 0.3 is 0 Å². The van der Waals surface area contributed by atoms with Gasteiger partial charge in [0.15, 0.2) is 0 Å². The fourth-order valence-electron chi connectivity index (χ4n) is 1.84. The highest BCUT2D eigenvalue weighted by Gasteiger charge is 2.16. The van der Waals surface area contributed by atoms with Crippen LogP contribution >= 0.6 is 0 Å². The fourth-order valence-corrected chi connectivity index (χ4v) is 1.84. The monoisotopic (exact) mass is 191 g/mol. The second-order valence-corrected chi connectivity index (χ2v) is 3.88. The van der Waals surface area contributed by atoms with E-state index in [1.54, 1.807) is 0 Å². The molecule has 1 unspecified atom stereocenters. The van der Waals surface area contributed by atoms with Gasteiger partial charge in [-0.3, -0.25) is 4.90 Å². The van der Waals surface area contributed by atoms with Gasteiger partial charge in [0, 0.05) is 12.6 Å². The summed E-state index contributed by atoms with van der Waals surface area (Å²) in [6.45, 7) is 5.39. The van der Waals surface area contributed by atoms with E-state index in [1.165, 1.54) is 18.4 Å². The molecule has 1 heterocycles. The van der Waals surface area contributed by atoms with Crippen molar-refractivity contribution in [2.45, 2.75) is 32.7 Å². The molecule has 0 spiro atoms. The Morgan fingerprint density at radius 1 is 1.50 bits per heavy atom. The van der Waals surface area contributed by atoms with Crippen molar-refractivity contribution in [3.8, 4) is 0 Å². The van der Waals surface area contributed by atoms with Gasteiger partial charge in [-0.15, -0.1) is 0 Å². The SMILES string of the molecule is C/C=C\C=C/C1=CCC(CC)N(C)C1. The third kappa shape index (κ3) is 3.15. The summed E-state index contributed by atoms with van der Waals surface area (Å²) in [6.07, 6.45) is 13.3. The molecule has 1 rings (SSSR count). The molecule has 14 heavy (non-hydrogen) atoms.